The Kier molecular flexibility index (Phi) is 7.75. The minimum absolute atomic E-state index is 0.0323. The Hall–Kier alpha value is -1.62. The Balaban J connectivity index is 2.41. The molecule has 2 N–H and O–H groups in total. The SMILES string of the molecule is CCCCCCCC(=O)OCc1cnc(C)c(O)c1CO. The van der Waals surface area contributed by atoms with Crippen molar-refractivity contribution in [2.75, 3.05) is 0 Å². The van der Waals surface area contributed by atoms with Gasteiger partial charge in [0.2, 0.25) is 0 Å². The Labute approximate surface area is 126 Å². The first kappa shape index (κ1) is 17.4. The number of rotatable bonds is 9. The number of aliphatic hydroxyl groups excluding tert-OH is 1. The van der Waals surface area contributed by atoms with Crippen molar-refractivity contribution < 1.29 is 19.7 Å². The molecule has 5 heteroatoms. The maximum atomic E-state index is 11.6. The summed E-state index contributed by atoms with van der Waals surface area (Å²) in [5, 5.41) is 19.1. The second-order valence-electron chi connectivity index (χ2n) is 5.18. The van der Waals surface area contributed by atoms with Crippen LogP contribution >= 0.6 is 0 Å². The van der Waals surface area contributed by atoms with E-state index in [9.17, 15) is 15.0 Å². The molecule has 0 atom stereocenters. The van der Waals surface area contributed by atoms with Gasteiger partial charge in [-0.25, -0.2) is 0 Å². The summed E-state index contributed by atoms with van der Waals surface area (Å²) in [6, 6.07) is 0. The van der Waals surface area contributed by atoms with Gasteiger partial charge < -0.3 is 14.9 Å². The molecule has 1 heterocycles. The van der Waals surface area contributed by atoms with Crippen LogP contribution in [0.5, 0.6) is 5.75 Å². The summed E-state index contributed by atoms with van der Waals surface area (Å²) in [5.41, 5.74) is 1.36. The van der Waals surface area contributed by atoms with E-state index in [1.54, 1.807) is 6.92 Å². The summed E-state index contributed by atoms with van der Waals surface area (Å²) in [5.74, 6) is -0.291. The van der Waals surface area contributed by atoms with Crippen molar-refractivity contribution in [1.82, 2.24) is 4.98 Å². The molecule has 0 spiro atoms. The lowest BCUT2D eigenvalue weighted by atomic mass is 10.1. The zero-order valence-electron chi connectivity index (χ0n) is 12.9. The van der Waals surface area contributed by atoms with Crippen LogP contribution in [0, 0.1) is 6.92 Å². The standard InChI is InChI=1S/C16H25NO4/c1-3-4-5-6-7-8-15(19)21-11-13-9-17-12(2)16(20)14(13)10-18/h9,18,20H,3-8,10-11H2,1-2H3. The van der Waals surface area contributed by atoms with Gasteiger partial charge in [-0.1, -0.05) is 32.6 Å². The predicted octanol–water partition coefficient (Wildman–Crippen LogP) is 2.99. The van der Waals surface area contributed by atoms with E-state index in [0.29, 0.717) is 23.2 Å². The maximum absolute atomic E-state index is 11.6. The van der Waals surface area contributed by atoms with Crippen molar-refractivity contribution in [2.24, 2.45) is 0 Å². The second kappa shape index (κ2) is 9.34. The van der Waals surface area contributed by atoms with Gasteiger partial charge in [0, 0.05) is 23.7 Å². The lowest BCUT2D eigenvalue weighted by molar-refractivity contribution is -0.145. The van der Waals surface area contributed by atoms with Gasteiger partial charge in [0.25, 0.3) is 0 Å². The van der Waals surface area contributed by atoms with Crippen LogP contribution in [0.15, 0.2) is 6.20 Å². The van der Waals surface area contributed by atoms with Crippen LogP contribution in [0.3, 0.4) is 0 Å². The minimum Gasteiger partial charge on any atom is -0.506 e. The first-order valence-corrected chi connectivity index (χ1v) is 7.53. The molecule has 0 aliphatic carbocycles. The van der Waals surface area contributed by atoms with E-state index in [4.69, 9.17) is 4.74 Å². The first-order chi connectivity index (χ1) is 10.1. The van der Waals surface area contributed by atoms with Gasteiger partial charge in [-0.2, -0.15) is 0 Å². The van der Waals surface area contributed by atoms with Crippen LogP contribution < -0.4 is 0 Å². The smallest absolute Gasteiger partial charge is 0.306 e. The molecule has 5 nitrogen and oxygen atoms in total. The van der Waals surface area contributed by atoms with Gasteiger partial charge in [-0.05, 0) is 13.3 Å². The van der Waals surface area contributed by atoms with Crippen LogP contribution in [-0.2, 0) is 22.7 Å². The number of aromatic hydroxyl groups is 1. The zero-order valence-corrected chi connectivity index (χ0v) is 12.9. The molecule has 0 radical (unpaired) electrons. The van der Waals surface area contributed by atoms with E-state index in [1.807, 2.05) is 0 Å². The van der Waals surface area contributed by atoms with Crippen LogP contribution in [0.4, 0.5) is 0 Å². The molecule has 118 valence electrons. The quantitative estimate of drug-likeness (QED) is 0.541. The average Bonchev–Trinajstić information content (AvgIpc) is 2.48. The number of pyridine rings is 1. The fraction of sp³-hybridized carbons (Fsp3) is 0.625. The predicted molar refractivity (Wildman–Crippen MR) is 79.7 cm³/mol. The average molecular weight is 295 g/mol. The highest BCUT2D eigenvalue weighted by molar-refractivity contribution is 5.69. The summed E-state index contributed by atoms with van der Waals surface area (Å²) in [4.78, 5) is 15.6. The summed E-state index contributed by atoms with van der Waals surface area (Å²) >= 11 is 0. The van der Waals surface area contributed by atoms with Crippen molar-refractivity contribution >= 4 is 5.97 Å². The normalized spacial score (nSPS) is 10.6. The molecule has 0 aromatic carbocycles. The van der Waals surface area contributed by atoms with Crippen molar-refractivity contribution in [1.29, 1.82) is 0 Å². The number of hydrogen-bond acceptors (Lipinski definition) is 5. The molecule has 0 aliphatic heterocycles. The van der Waals surface area contributed by atoms with Gasteiger partial charge in [0.15, 0.2) is 0 Å². The summed E-state index contributed by atoms with van der Waals surface area (Å²) in [6.45, 7) is 3.53. The van der Waals surface area contributed by atoms with Crippen molar-refractivity contribution in [2.45, 2.75) is 65.6 Å². The third-order valence-corrected chi connectivity index (χ3v) is 3.46. The lowest BCUT2D eigenvalue weighted by Crippen LogP contribution is -2.07. The van der Waals surface area contributed by atoms with Crippen LogP contribution in [0.1, 0.15) is 62.3 Å². The number of carbonyl (C=O) groups excluding carboxylic acids is 1. The number of esters is 1. The van der Waals surface area contributed by atoms with Gasteiger partial charge in [0.05, 0.1) is 12.3 Å². The number of aryl methyl sites for hydroxylation is 1. The van der Waals surface area contributed by atoms with Crippen molar-refractivity contribution in [3.8, 4) is 5.75 Å². The Morgan fingerprint density at radius 1 is 1.29 bits per heavy atom. The molecule has 0 saturated carbocycles. The zero-order chi connectivity index (χ0) is 15.7. The largest absolute Gasteiger partial charge is 0.506 e. The monoisotopic (exact) mass is 295 g/mol. The molecule has 0 unspecified atom stereocenters. The summed E-state index contributed by atoms with van der Waals surface area (Å²) in [7, 11) is 0. The molecule has 0 amide bonds. The molecule has 0 fully saturated rings. The topological polar surface area (TPSA) is 79.7 Å². The van der Waals surface area contributed by atoms with Crippen molar-refractivity contribution in [3.63, 3.8) is 0 Å². The third kappa shape index (κ3) is 5.71. The Morgan fingerprint density at radius 3 is 2.67 bits per heavy atom. The van der Waals surface area contributed by atoms with E-state index in [2.05, 4.69) is 11.9 Å². The maximum Gasteiger partial charge on any atom is 0.306 e. The molecular formula is C16H25NO4. The van der Waals surface area contributed by atoms with Gasteiger partial charge >= 0.3 is 5.97 Å². The van der Waals surface area contributed by atoms with Crippen LogP contribution in [-0.4, -0.2) is 21.2 Å². The first-order valence-electron chi connectivity index (χ1n) is 7.53. The Morgan fingerprint density at radius 2 is 2.00 bits per heavy atom. The molecule has 0 aliphatic rings. The molecule has 1 aromatic rings. The molecular weight excluding hydrogens is 270 g/mol. The number of aromatic nitrogens is 1. The summed E-state index contributed by atoms with van der Waals surface area (Å²) < 4.78 is 5.17. The molecule has 0 saturated heterocycles. The van der Waals surface area contributed by atoms with E-state index in [0.717, 1.165) is 19.3 Å². The van der Waals surface area contributed by atoms with Crippen LogP contribution in [0.25, 0.3) is 0 Å². The lowest BCUT2D eigenvalue weighted by Gasteiger charge is -2.11. The molecule has 0 bridgehead atoms. The number of unbranched alkanes of at least 4 members (excludes halogenated alkanes) is 4. The fourth-order valence-corrected chi connectivity index (χ4v) is 2.09. The van der Waals surface area contributed by atoms with E-state index in [-0.39, 0.29) is 24.9 Å². The number of carbonyl (C=O) groups is 1. The van der Waals surface area contributed by atoms with Crippen LogP contribution in [0.2, 0.25) is 0 Å². The molecule has 1 rings (SSSR count). The highest BCUT2D eigenvalue weighted by atomic mass is 16.5. The van der Waals surface area contributed by atoms with Gasteiger partial charge in [-0.3, -0.25) is 9.78 Å². The second-order valence-corrected chi connectivity index (χ2v) is 5.18. The van der Waals surface area contributed by atoms with E-state index in [1.165, 1.54) is 19.0 Å². The van der Waals surface area contributed by atoms with Gasteiger partial charge in [0.1, 0.15) is 12.4 Å². The number of nitrogens with zero attached hydrogens (tertiary/aromatic N) is 1. The van der Waals surface area contributed by atoms with E-state index < -0.39 is 0 Å². The fourth-order valence-electron chi connectivity index (χ4n) is 2.09. The number of ether oxygens (including phenoxy) is 1. The number of hydrogen-bond donors (Lipinski definition) is 2. The molecule has 1 aromatic heterocycles. The Bertz CT molecular complexity index is 460. The summed E-state index contributed by atoms with van der Waals surface area (Å²) in [6.07, 6.45) is 7.33. The highest BCUT2D eigenvalue weighted by Crippen LogP contribution is 2.24. The number of aliphatic hydroxyl groups is 1. The third-order valence-electron chi connectivity index (χ3n) is 3.46. The molecule has 21 heavy (non-hydrogen) atoms. The van der Waals surface area contributed by atoms with Gasteiger partial charge in [-0.15, -0.1) is 0 Å². The van der Waals surface area contributed by atoms with Crippen molar-refractivity contribution in [3.05, 3.63) is 23.0 Å². The minimum atomic E-state index is -0.306. The van der Waals surface area contributed by atoms with E-state index >= 15 is 0 Å². The highest BCUT2D eigenvalue weighted by Gasteiger charge is 2.12.